The zero-order chi connectivity index (χ0) is 16.3. The number of hydrogen-bond acceptors (Lipinski definition) is 4. The number of aromatic carboxylic acids is 1. The number of allylic oxidation sites excluding steroid dienone is 1. The van der Waals surface area contributed by atoms with Gasteiger partial charge in [-0.1, -0.05) is 6.08 Å². The van der Waals surface area contributed by atoms with Crippen molar-refractivity contribution in [2.45, 2.75) is 6.92 Å². The molecule has 0 fully saturated rings. The van der Waals surface area contributed by atoms with Crippen molar-refractivity contribution in [3.8, 4) is 0 Å². The third-order valence-electron chi connectivity index (χ3n) is 2.87. The summed E-state index contributed by atoms with van der Waals surface area (Å²) in [7, 11) is 0. The Bertz CT molecular complexity index is 715. The third kappa shape index (κ3) is 2.93. The molecule has 0 spiro atoms. The van der Waals surface area contributed by atoms with Crippen LogP contribution in [-0.4, -0.2) is 28.8 Å². The molecule has 1 aliphatic rings. The van der Waals surface area contributed by atoms with Gasteiger partial charge >= 0.3 is 5.97 Å². The summed E-state index contributed by atoms with van der Waals surface area (Å²) in [5.41, 5.74) is 0.0720. The second kappa shape index (κ2) is 6.04. The molecule has 0 saturated heterocycles. The highest BCUT2D eigenvalue weighted by Crippen LogP contribution is 2.30. The highest BCUT2D eigenvalue weighted by molar-refractivity contribution is 6.29. The van der Waals surface area contributed by atoms with Crippen molar-refractivity contribution in [1.29, 1.82) is 0 Å². The van der Waals surface area contributed by atoms with Crippen molar-refractivity contribution in [3.05, 3.63) is 48.1 Å². The van der Waals surface area contributed by atoms with Crippen LogP contribution >= 0.6 is 0 Å². The zero-order valence-corrected chi connectivity index (χ0v) is 11.6. The molecule has 112 valence electrons. The number of nitrogens with one attached hydrogen (secondary N) is 1. The van der Waals surface area contributed by atoms with Crippen LogP contribution in [-0.2, 0) is 14.4 Å². The summed E-state index contributed by atoms with van der Waals surface area (Å²) in [6, 6.07) is 3.77. The van der Waals surface area contributed by atoms with Crippen LogP contribution in [0.15, 0.2) is 42.5 Å². The van der Waals surface area contributed by atoms with E-state index in [4.69, 9.17) is 5.11 Å². The van der Waals surface area contributed by atoms with E-state index in [-0.39, 0.29) is 16.9 Å². The van der Waals surface area contributed by atoms with E-state index >= 15 is 0 Å². The summed E-state index contributed by atoms with van der Waals surface area (Å²) in [4.78, 5) is 47.1. The first-order valence-corrected chi connectivity index (χ1v) is 6.31. The molecule has 7 heteroatoms. The molecule has 0 aliphatic carbocycles. The number of carboxylic acids is 1. The Morgan fingerprint density at radius 3 is 2.36 bits per heavy atom. The Morgan fingerprint density at radius 1 is 1.18 bits per heavy atom. The molecular formula is C15H12N2O5. The Kier molecular flexibility index (Phi) is 4.17. The molecule has 0 radical (unpaired) electrons. The van der Waals surface area contributed by atoms with Gasteiger partial charge in [0.2, 0.25) is 5.91 Å². The Hall–Kier alpha value is -3.22. The lowest BCUT2D eigenvalue weighted by Crippen LogP contribution is -2.31. The number of rotatable bonds is 4. The van der Waals surface area contributed by atoms with Crippen LogP contribution in [0.2, 0.25) is 0 Å². The topological polar surface area (TPSA) is 104 Å². The van der Waals surface area contributed by atoms with Gasteiger partial charge in [0.15, 0.2) is 0 Å². The first kappa shape index (κ1) is 15.2. The van der Waals surface area contributed by atoms with Gasteiger partial charge in [0.05, 0.1) is 16.9 Å². The maximum absolute atomic E-state index is 11.8. The SMILES string of the molecule is C/C=C\C(=O)Nc1ccc(C(=O)O)cc1N1C(=O)C=CC1=O. The summed E-state index contributed by atoms with van der Waals surface area (Å²) in [5.74, 6) is -2.87. The molecule has 2 N–H and O–H groups in total. The van der Waals surface area contributed by atoms with Crippen molar-refractivity contribution in [1.82, 2.24) is 0 Å². The Balaban J connectivity index is 2.49. The Labute approximate surface area is 125 Å². The Morgan fingerprint density at radius 2 is 1.82 bits per heavy atom. The van der Waals surface area contributed by atoms with E-state index in [0.29, 0.717) is 0 Å². The maximum Gasteiger partial charge on any atom is 0.335 e. The number of hydrogen-bond donors (Lipinski definition) is 2. The molecule has 1 aromatic rings. The fourth-order valence-corrected chi connectivity index (χ4v) is 1.92. The predicted octanol–water partition coefficient (Wildman–Crippen LogP) is 1.33. The van der Waals surface area contributed by atoms with Gasteiger partial charge in [-0.25, -0.2) is 9.69 Å². The fourth-order valence-electron chi connectivity index (χ4n) is 1.92. The molecule has 1 heterocycles. The first-order valence-electron chi connectivity index (χ1n) is 6.31. The number of carbonyl (C=O) groups is 4. The average molecular weight is 300 g/mol. The van der Waals surface area contributed by atoms with Crippen molar-refractivity contribution in [2.75, 3.05) is 10.2 Å². The van der Waals surface area contributed by atoms with Gasteiger partial charge in [-0.2, -0.15) is 0 Å². The minimum absolute atomic E-state index is 0.0118. The maximum atomic E-state index is 11.8. The second-order valence-corrected chi connectivity index (χ2v) is 4.37. The van der Waals surface area contributed by atoms with Gasteiger partial charge in [-0.05, 0) is 31.2 Å². The van der Waals surface area contributed by atoms with Gasteiger partial charge in [-0.3, -0.25) is 14.4 Å². The fraction of sp³-hybridized carbons (Fsp3) is 0.0667. The molecule has 0 aromatic heterocycles. The van der Waals surface area contributed by atoms with Crippen molar-refractivity contribution < 1.29 is 24.3 Å². The van der Waals surface area contributed by atoms with Crippen molar-refractivity contribution in [3.63, 3.8) is 0 Å². The molecule has 0 unspecified atom stereocenters. The van der Waals surface area contributed by atoms with E-state index in [2.05, 4.69) is 5.32 Å². The lowest BCUT2D eigenvalue weighted by atomic mass is 10.1. The van der Waals surface area contributed by atoms with Crippen LogP contribution in [0.1, 0.15) is 17.3 Å². The smallest absolute Gasteiger partial charge is 0.335 e. The van der Waals surface area contributed by atoms with Gasteiger partial charge in [-0.15, -0.1) is 0 Å². The zero-order valence-electron chi connectivity index (χ0n) is 11.6. The van der Waals surface area contributed by atoms with Crippen molar-refractivity contribution in [2.24, 2.45) is 0 Å². The minimum atomic E-state index is -1.21. The standard InChI is InChI=1S/C15H12N2O5/c1-2-3-12(18)16-10-5-4-9(15(21)22)8-11(10)17-13(19)6-7-14(17)20/h2-8H,1H3,(H,16,18)(H,21,22)/b3-2-. The summed E-state index contributed by atoms with van der Waals surface area (Å²) in [6.07, 6.45) is 4.94. The molecule has 22 heavy (non-hydrogen) atoms. The first-order chi connectivity index (χ1) is 10.4. The molecule has 1 aliphatic heterocycles. The highest BCUT2D eigenvalue weighted by atomic mass is 16.4. The number of benzene rings is 1. The summed E-state index contributed by atoms with van der Waals surface area (Å²) in [5, 5.41) is 11.5. The molecule has 0 bridgehead atoms. The predicted molar refractivity (Wildman–Crippen MR) is 78.5 cm³/mol. The monoisotopic (exact) mass is 300 g/mol. The van der Waals surface area contributed by atoms with Crippen LogP contribution in [0.5, 0.6) is 0 Å². The lowest BCUT2D eigenvalue weighted by molar-refractivity contribution is -0.120. The van der Waals surface area contributed by atoms with Crippen LogP contribution in [0.4, 0.5) is 11.4 Å². The number of imide groups is 1. The van der Waals surface area contributed by atoms with Gasteiger partial charge in [0.1, 0.15) is 0 Å². The van der Waals surface area contributed by atoms with Crippen LogP contribution in [0.25, 0.3) is 0 Å². The molecule has 0 atom stereocenters. The number of anilines is 2. The number of carbonyl (C=O) groups excluding carboxylic acids is 3. The third-order valence-corrected chi connectivity index (χ3v) is 2.87. The number of amides is 3. The summed E-state index contributed by atoms with van der Waals surface area (Å²) in [6.45, 7) is 1.66. The number of nitrogens with zero attached hydrogens (tertiary/aromatic N) is 1. The molecule has 1 aromatic carbocycles. The second-order valence-electron chi connectivity index (χ2n) is 4.37. The van der Waals surface area contributed by atoms with E-state index in [9.17, 15) is 19.2 Å². The molecule has 7 nitrogen and oxygen atoms in total. The molecule has 3 amide bonds. The van der Waals surface area contributed by atoms with Gasteiger partial charge < -0.3 is 10.4 Å². The lowest BCUT2D eigenvalue weighted by Gasteiger charge is -2.18. The van der Waals surface area contributed by atoms with Crippen LogP contribution in [0, 0.1) is 0 Å². The van der Waals surface area contributed by atoms with E-state index in [1.54, 1.807) is 6.92 Å². The quantitative estimate of drug-likeness (QED) is 0.645. The normalized spacial score (nSPS) is 14.0. The van der Waals surface area contributed by atoms with E-state index in [0.717, 1.165) is 23.1 Å². The van der Waals surface area contributed by atoms with Gasteiger partial charge in [0, 0.05) is 12.2 Å². The van der Waals surface area contributed by atoms with E-state index in [1.165, 1.54) is 24.3 Å². The summed E-state index contributed by atoms with van der Waals surface area (Å²) < 4.78 is 0. The molecule has 2 rings (SSSR count). The van der Waals surface area contributed by atoms with Crippen LogP contribution in [0.3, 0.4) is 0 Å². The van der Waals surface area contributed by atoms with Crippen molar-refractivity contribution >= 4 is 35.1 Å². The minimum Gasteiger partial charge on any atom is -0.478 e. The summed E-state index contributed by atoms with van der Waals surface area (Å²) >= 11 is 0. The van der Waals surface area contributed by atoms with E-state index < -0.39 is 23.7 Å². The van der Waals surface area contributed by atoms with E-state index in [1.807, 2.05) is 0 Å². The molecule has 0 saturated carbocycles. The highest BCUT2D eigenvalue weighted by Gasteiger charge is 2.28. The molecular weight excluding hydrogens is 288 g/mol. The van der Waals surface area contributed by atoms with Gasteiger partial charge in [0.25, 0.3) is 11.8 Å². The van der Waals surface area contributed by atoms with Crippen LogP contribution < -0.4 is 10.2 Å². The largest absolute Gasteiger partial charge is 0.478 e. The average Bonchev–Trinajstić information content (AvgIpc) is 2.79. The number of carboxylic acid groups (broad SMARTS) is 1.